The first-order valence-electron chi connectivity index (χ1n) is 7.90. The number of methoxy groups -OCH3 is 1. The molecule has 1 aliphatic carbocycles. The van der Waals surface area contributed by atoms with Crippen LogP contribution in [0.5, 0.6) is 5.75 Å². The second kappa shape index (κ2) is 5.18. The molecule has 5 nitrogen and oxygen atoms in total. The van der Waals surface area contributed by atoms with E-state index in [0.717, 1.165) is 5.56 Å². The fraction of sp³-hybridized carbons (Fsp3) is 0.263. The molecule has 122 valence electrons. The van der Waals surface area contributed by atoms with E-state index in [1.165, 1.54) is 7.11 Å². The van der Waals surface area contributed by atoms with Crippen molar-refractivity contribution in [3.63, 3.8) is 0 Å². The molecule has 5 heteroatoms. The molecule has 1 heterocycles. The number of rotatable bonds is 2. The van der Waals surface area contributed by atoms with Crippen LogP contribution < -0.4 is 10.1 Å². The summed E-state index contributed by atoms with van der Waals surface area (Å²) in [5.41, 5.74) is 0.617. The Labute approximate surface area is 139 Å². The van der Waals surface area contributed by atoms with E-state index >= 15 is 0 Å². The van der Waals surface area contributed by atoms with Crippen molar-refractivity contribution in [1.82, 2.24) is 0 Å². The van der Waals surface area contributed by atoms with Crippen LogP contribution in [-0.2, 0) is 16.8 Å². The predicted octanol–water partition coefficient (Wildman–Crippen LogP) is 2.28. The van der Waals surface area contributed by atoms with Gasteiger partial charge in [-0.15, -0.1) is 0 Å². The molecule has 4 rings (SSSR count). The predicted molar refractivity (Wildman–Crippen MR) is 88.1 cm³/mol. The third-order valence-corrected chi connectivity index (χ3v) is 5.04. The zero-order valence-corrected chi connectivity index (χ0v) is 13.2. The van der Waals surface area contributed by atoms with E-state index < -0.39 is 17.4 Å². The molecule has 2 aliphatic rings. The van der Waals surface area contributed by atoms with Gasteiger partial charge in [0.25, 0.3) is 5.91 Å². The quantitative estimate of drug-likeness (QED) is 0.889. The van der Waals surface area contributed by atoms with Gasteiger partial charge in [-0.05, 0) is 36.6 Å². The maximum Gasteiger partial charge on any atom is 0.261 e. The van der Waals surface area contributed by atoms with Crippen molar-refractivity contribution in [3.8, 4) is 5.75 Å². The van der Waals surface area contributed by atoms with Crippen LogP contribution in [0.3, 0.4) is 0 Å². The highest BCUT2D eigenvalue weighted by Crippen LogP contribution is 2.46. The molecule has 2 atom stereocenters. The first-order chi connectivity index (χ1) is 11.6. The number of ether oxygens (including phenoxy) is 1. The molecule has 0 saturated carbocycles. The van der Waals surface area contributed by atoms with Crippen LogP contribution in [0.4, 0.5) is 5.69 Å². The standard InChI is InChI=1S/C19H17NO4/c1-24-12-7-9-16-15(10-12)19(23,18(22)20-16)14-8-6-11-4-2-3-5-13(11)17(14)21/h2-5,7,9-10,14,23H,6,8H2,1H3,(H,20,22)/t14-,19+/m0/s1. The topological polar surface area (TPSA) is 75.6 Å². The number of carbonyl (C=O) groups is 2. The number of fused-ring (bicyclic) bond motifs is 2. The van der Waals surface area contributed by atoms with Crippen molar-refractivity contribution in [3.05, 3.63) is 59.2 Å². The molecule has 0 unspecified atom stereocenters. The maximum absolute atomic E-state index is 12.9. The van der Waals surface area contributed by atoms with Gasteiger partial charge in [0, 0.05) is 16.8 Å². The van der Waals surface area contributed by atoms with Gasteiger partial charge < -0.3 is 15.2 Å². The molecule has 0 saturated heterocycles. The van der Waals surface area contributed by atoms with Crippen molar-refractivity contribution >= 4 is 17.4 Å². The third kappa shape index (κ3) is 1.91. The van der Waals surface area contributed by atoms with Crippen LogP contribution in [0.2, 0.25) is 0 Å². The number of aliphatic hydroxyl groups is 1. The van der Waals surface area contributed by atoms with Crippen molar-refractivity contribution in [1.29, 1.82) is 0 Å². The summed E-state index contributed by atoms with van der Waals surface area (Å²) in [4.78, 5) is 25.5. The molecule has 24 heavy (non-hydrogen) atoms. The Hall–Kier alpha value is -2.66. The lowest BCUT2D eigenvalue weighted by Gasteiger charge is -2.33. The lowest BCUT2D eigenvalue weighted by molar-refractivity contribution is -0.138. The number of Topliss-reactive ketones (excluding diaryl/α,β-unsaturated/α-hetero) is 1. The number of ketones is 1. The second-order valence-electron chi connectivity index (χ2n) is 6.24. The fourth-order valence-electron chi connectivity index (χ4n) is 3.76. The number of aryl methyl sites for hydroxylation is 1. The van der Waals surface area contributed by atoms with E-state index in [4.69, 9.17) is 4.74 Å². The molecule has 1 aliphatic heterocycles. The van der Waals surface area contributed by atoms with E-state index in [0.29, 0.717) is 35.4 Å². The third-order valence-electron chi connectivity index (χ3n) is 5.04. The smallest absolute Gasteiger partial charge is 0.261 e. The zero-order chi connectivity index (χ0) is 16.9. The summed E-state index contributed by atoms with van der Waals surface area (Å²) in [5, 5.41) is 13.9. The molecule has 2 N–H and O–H groups in total. The maximum atomic E-state index is 12.9. The Balaban J connectivity index is 1.82. The number of carbonyl (C=O) groups excluding carboxylic acids is 2. The molecular formula is C19H17NO4. The van der Waals surface area contributed by atoms with Crippen LogP contribution in [0.25, 0.3) is 0 Å². The summed E-state index contributed by atoms with van der Waals surface area (Å²) in [6.07, 6.45) is 1.08. The van der Waals surface area contributed by atoms with Gasteiger partial charge in [0.15, 0.2) is 11.4 Å². The van der Waals surface area contributed by atoms with Crippen molar-refractivity contribution < 1.29 is 19.4 Å². The minimum atomic E-state index is -1.87. The highest BCUT2D eigenvalue weighted by Gasteiger charge is 2.54. The van der Waals surface area contributed by atoms with Gasteiger partial charge in [0.1, 0.15) is 5.75 Å². The number of anilines is 1. The fourth-order valence-corrected chi connectivity index (χ4v) is 3.76. The first kappa shape index (κ1) is 14.9. The Bertz CT molecular complexity index is 860. The van der Waals surface area contributed by atoms with Gasteiger partial charge in [-0.1, -0.05) is 24.3 Å². The van der Waals surface area contributed by atoms with Crippen LogP contribution in [0, 0.1) is 5.92 Å². The molecule has 2 aromatic rings. The van der Waals surface area contributed by atoms with E-state index in [2.05, 4.69) is 5.32 Å². The molecule has 0 spiro atoms. The largest absolute Gasteiger partial charge is 0.497 e. The van der Waals surface area contributed by atoms with Gasteiger partial charge in [-0.2, -0.15) is 0 Å². The highest BCUT2D eigenvalue weighted by atomic mass is 16.5. The summed E-state index contributed by atoms with van der Waals surface area (Å²) in [5.74, 6) is -1.01. The van der Waals surface area contributed by atoms with Crippen LogP contribution >= 0.6 is 0 Å². The van der Waals surface area contributed by atoms with E-state index in [-0.39, 0.29) is 5.78 Å². The lowest BCUT2D eigenvalue weighted by Crippen LogP contribution is -2.47. The first-order valence-corrected chi connectivity index (χ1v) is 7.90. The van der Waals surface area contributed by atoms with E-state index in [1.807, 2.05) is 12.1 Å². The van der Waals surface area contributed by atoms with Gasteiger partial charge in [0.2, 0.25) is 0 Å². The molecular weight excluding hydrogens is 306 g/mol. The Morgan fingerprint density at radius 2 is 2.00 bits per heavy atom. The van der Waals surface area contributed by atoms with Crippen LogP contribution in [0.15, 0.2) is 42.5 Å². The van der Waals surface area contributed by atoms with Crippen LogP contribution in [-0.4, -0.2) is 23.9 Å². The number of amides is 1. The second-order valence-corrected chi connectivity index (χ2v) is 6.24. The van der Waals surface area contributed by atoms with E-state index in [9.17, 15) is 14.7 Å². The number of nitrogens with one attached hydrogen (secondary N) is 1. The molecule has 1 amide bonds. The van der Waals surface area contributed by atoms with Crippen molar-refractivity contribution in [2.24, 2.45) is 5.92 Å². The monoisotopic (exact) mass is 323 g/mol. The molecule has 0 bridgehead atoms. The minimum Gasteiger partial charge on any atom is -0.497 e. The SMILES string of the molecule is COc1ccc2c(c1)[C@](O)([C@H]1CCc3ccccc3C1=O)C(=O)N2. The molecule has 0 aromatic heterocycles. The number of benzene rings is 2. The Morgan fingerprint density at radius 1 is 1.21 bits per heavy atom. The van der Waals surface area contributed by atoms with E-state index in [1.54, 1.807) is 30.3 Å². The normalized spacial score (nSPS) is 25.0. The average Bonchev–Trinajstić information content (AvgIpc) is 2.86. The van der Waals surface area contributed by atoms with Gasteiger partial charge >= 0.3 is 0 Å². The summed E-state index contributed by atoms with van der Waals surface area (Å²) in [7, 11) is 1.52. The Kier molecular flexibility index (Phi) is 3.21. The van der Waals surface area contributed by atoms with Crippen molar-refractivity contribution in [2.45, 2.75) is 18.4 Å². The minimum absolute atomic E-state index is 0.190. The summed E-state index contributed by atoms with van der Waals surface area (Å²) in [6.45, 7) is 0. The molecule has 0 radical (unpaired) electrons. The van der Waals surface area contributed by atoms with Gasteiger partial charge in [-0.25, -0.2) is 0 Å². The Morgan fingerprint density at radius 3 is 2.79 bits per heavy atom. The molecule has 0 fully saturated rings. The lowest BCUT2D eigenvalue weighted by atomic mass is 9.71. The number of hydrogen-bond donors (Lipinski definition) is 2. The number of hydrogen-bond acceptors (Lipinski definition) is 4. The van der Waals surface area contributed by atoms with Gasteiger partial charge in [-0.3, -0.25) is 9.59 Å². The summed E-state index contributed by atoms with van der Waals surface area (Å²) < 4.78 is 5.20. The molecule has 2 aromatic carbocycles. The summed E-state index contributed by atoms with van der Waals surface area (Å²) in [6, 6.07) is 12.4. The average molecular weight is 323 g/mol. The highest BCUT2D eigenvalue weighted by molar-refractivity contribution is 6.11. The zero-order valence-electron chi connectivity index (χ0n) is 13.2. The van der Waals surface area contributed by atoms with Crippen molar-refractivity contribution in [2.75, 3.05) is 12.4 Å². The summed E-state index contributed by atoms with van der Waals surface area (Å²) >= 11 is 0. The van der Waals surface area contributed by atoms with Crippen LogP contribution in [0.1, 0.15) is 27.9 Å². The van der Waals surface area contributed by atoms with Gasteiger partial charge in [0.05, 0.1) is 13.0 Å².